The molecule has 1 fully saturated rings. The molecule has 0 amide bonds. The molecule has 3 N–H and O–H groups in total. The molecule has 212 valence electrons. The van der Waals surface area contributed by atoms with Gasteiger partial charge in [-0.25, -0.2) is 4.79 Å². The number of imidazole rings is 1. The Balaban J connectivity index is 1.42. The Hall–Kier alpha value is -4.71. The lowest BCUT2D eigenvalue weighted by Gasteiger charge is -2.32. The maximum Gasteiger partial charge on any atom is 0.356 e. The SMILES string of the molecule is Cc1ccccc1Cn1c(N2CCCC(N)C2)nc2nc(Oc3ccc4c(c3)OC(C)(C(=O)O)C4=O)n(C)c(=O)c21. The van der Waals surface area contributed by atoms with E-state index in [4.69, 9.17) is 20.2 Å². The summed E-state index contributed by atoms with van der Waals surface area (Å²) >= 11 is 0. The van der Waals surface area contributed by atoms with Gasteiger partial charge in [-0.2, -0.15) is 9.97 Å². The van der Waals surface area contributed by atoms with Gasteiger partial charge in [0.25, 0.3) is 11.2 Å². The van der Waals surface area contributed by atoms with Crippen LogP contribution in [0.2, 0.25) is 0 Å². The lowest BCUT2D eigenvalue weighted by Crippen LogP contribution is -2.44. The van der Waals surface area contributed by atoms with Crippen LogP contribution in [0.5, 0.6) is 17.5 Å². The summed E-state index contributed by atoms with van der Waals surface area (Å²) in [6, 6.07) is 12.3. The van der Waals surface area contributed by atoms with Crippen molar-refractivity contribution in [2.75, 3.05) is 18.0 Å². The molecular weight excluding hydrogens is 528 g/mol. The van der Waals surface area contributed by atoms with Gasteiger partial charge >= 0.3 is 12.0 Å². The number of nitrogens with two attached hydrogens (primary N) is 1. The zero-order valence-electron chi connectivity index (χ0n) is 23.0. The van der Waals surface area contributed by atoms with Gasteiger partial charge in [-0.15, -0.1) is 0 Å². The molecule has 2 aromatic heterocycles. The molecule has 2 aliphatic heterocycles. The molecule has 2 aliphatic rings. The van der Waals surface area contributed by atoms with Crippen LogP contribution in [0.25, 0.3) is 11.2 Å². The average molecular weight is 559 g/mol. The van der Waals surface area contributed by atoms with Crippen LogP contribution in [0.15, 0.2) is 47.3 Å². The van der Waals surface area contributed by atoms with Gasteiger partial charge in [0.05, 0.1) is 12.1 Å². The van der Waals surface area contributed by atoms with Crippen molar-refractivity contribution in [1.82, 2.24) is 19.1 Å². The molecule has 6 rings (SSSR count). The number of aryl methyl sites for hydroxylation is 1. The molecule has 2 aromatic carbocycles. The summed E-state index contributed by atoms with van der Waals surface area (Å²) in [6.45, 7) is 5.04. The number of fused-ring (bicyclic) bond motifs is 2. The molecule has 0 saturated carbocycles. The third-order valence-electron chi connectivity index (χ3n) is 7.82. The van der Waals surface area contributed by atoms with Crippen molar-refractivity contribution in [3.05, 3.63) is 69.5 Å². The number of anilines is 1. The van der Waals surface area contributed by atoms with E-state index < -0.39 is 17.4 Å². The van der Waals surface area contributed by atoms with Crippen molar-refractivity contribution >= 4 is 28.9 Å². The number of rotatable bonds is 6. The first-order chi connectivity index (χ1) is 19.6. The fraction of sp³-hybridized carbons (Fsp3) is 0.345. The summed E-state index contributed by atoms with van der Waals surface area (Å²) in [7, 11) is 1.56. The van der Waals surface area contributed by atoms with Gasteiger partial charge in [0.1, 0.15) is 11.5 Å². The van der Waals surface area contributed by atoms with E-state index in [1.165, 1.54) is 29.7 Å². The molecule has 0 spiro atoms. The van der Waals surface area contributed by atoms with Crippen LogP contribution in [-0.4, -0.2) is 60.7 Å². The minimum absolute atomic E-state index is 0.00190. The zero-order chi connectivity index (χ0) is 29.1. The van der Waals surface area contributed by atoms with E-state index in [0.717, 1.165) is 30.5 Å². The number of ether oxygens (including phenoxy) is 2. The Morgan fingerprint density at radius 3 is 2.73 bits per heavy atom. The average Bonchev–Trinajstić information content (AvgIpc) is 3.43. The number of hydrogen-bond acceptors (Lipinski definition) is 9. The molecule has 41 heavy (non-hydrogen) atoms. The van der Waals surface area contributed by atoms with Gasteiger partial charge in [-0.3, -0.25) is 18.7 Å². The predicted molar refractivity (Wildman–Crippen MR) is 150 cm³/mol. The van der Waals surface area contributed by atoms with Crippen LogP contribution in [0.4, 0.5) is 5.95 Å². The van der Waals surface area contributed by atoms with E-state index in [1.54, 1.807) is 7.05 Å². The first kappa shape index (κ1) is 26.5. The maximum atomic E-state index is 13.8. The van der Waals surface area contributed by atoms with Crippen molar-refractivity contribution in [2.24, 2.45) is 12.8 Å². The van der Waals surface area contributed by atoms with Gasteiger partial charge in [0.2, 0.25) is 11.7 Å². The fourth-order valence-corrected chi connectivity index (χ4v) is 5.37. The van der Waals surface area contributed by atoms with E-state index in [2.05, 4.69) is 9.88 Å². The number of carboxylic acid groups (broad SMARTS) is 1. The zero-order valence-corrected chi connectivity index (χ0v) is 23.0. The molecule has 12 heteroatoms. The predicted octanol–water partition coefficient (Wildman–Crippen LogP) is 2.62. The Labute approximate surface area is 234 Å². The molecule has 2 atom stereocenters. The Morgan fingerprint density at radius 1 is 1.22 bits per heavy atom. The van der Waals surface area contributed by atoms with Crippen LogP contribution < -0.4 is 25.7 Å². The Bertz CT molecular complexity index is 1780. The summed E-state index contributed by atoms with van der Waals surface area (Å²) in [5, 5.41) is 9.48. The highest BCUT2D eigenvalue weighted by Gasteiger charge is 2.50. The topological polar surface area (TPSA) is 155 Å². The quantitative estimate of drug-likeness (QED) is 0.338. The van der Waals surface area contributed by atoms with Crippen molar-refractivity contribution in [3.8, 4) is 17.5 Å². The summed E-state index contributed by atoms with van der Waals surface area (Å²) in [4.78, 5) is 49.5. The first-order valence-electron chi connectivity index (χ1n) is 13.4. The number of aliphatic carboxylic acids is 1. The molecule has 4 heterocycles. The van der Waals surface area contributed by atoms with Gasteiger partial charge in [0.15, 0.2) is 11.2 Å². The van der Waals surface area contributed by atoms with Crippen LogP contribution in [0, 0.1) is 6.92 Å². The van der Waals surface area contributed by atoms with Crippen LogP contribution >= 0.6 is 0 Å². The second kappa shape index (κ2) is 9.73. The summed E-state index contributed by atoms with van der Waals surface area (Å²) in [6.07, 6.45) is 1.84. The number of Topliss-reactive ketones (excluding diaryl/α,β-unsaturated/α-hetero) is 1. The van der Waals surface area contributed by atoms with Crippen LogP contribution in [-0.2, 0) is 18.4 Å². The smallest absolute Gasteiger partial charge is 0.356 e. The van der Waals surface area contributed by atoms with Crippen LogP contribution in [0.3, 0.4) is 0 Å². The van der Waals surface area contributed by atoms with Gasteiger partial charge in [-0.1, -0.05) is 24.3 Å². The molecule has 0 bridgehead atoms. The number of nitrogens with zero attached hydrogens (tertiary/aromatic N) is 5. The molecule has 0 aliphatic carbocycles. The molecular formula is C29H30N6O6. The number of ketones is 1. The number of carbonyl (C=O) groups excluding carboxylic acids is 1. The van der Waals surface area contributed by atoms with Crippen molar-refractivity contribution in [2.45, 2.75) is 44.9 Å². The van der Waals surface area contributed by atoms with Gasteiger partial charge < -0.3 is 25.2 Å². The highest BCUT2D eigenvalue weighted by molar-refractivity contribution is 6.18. The number of piperidine rings is 1. The number of hydrogen-bond donors (Lipinski definition) is 2. The third kappa shape index (κ3) is 4.40. The molecule has 0 radical (unpaired) electrons. The number of carbonyl (C=O) groups is 2. The number of benzene rings is 2. The number of carboxylic acids is 1. The summed E-state index contributed by atoms with van der Waals surface area (Å²) in [5.74, 6) is -1.12. The lowest BCUT2D eigenvalue weighted by atomic mass is 9.98. The van der Waals surface area contributed by atoms with Crippen molar-refractivity contribution in [3.63, 3.8) is 0 Å². The molecule has 1 saturated heterocycles. The van der Waals surface area contributed by atoms with E-state index in [0.29, 0.717) is 24.6 Å². The molecule has 4 aromatic rings. The van der Waals surface area contributed by atoms with E-state index in [-0.39, 0.29) is 40.3 Å². The summed E-state index contributed by atoms with van der Waals surface area (Å²) in [5.41, 5.74) is 6.79. The maximum absolute atomic E-state index is 13.8. The lowest BCUT2D eigenvalue weighted by molar-refractivity contribution is -0.148. The Kier molecular flexibility index (Phi) is 6.29. The highest BCUT2D eigenvalue weighted by Crippen LogP contribution is 2.38. The Morgan fingerprint density at radius 2 is 2.00 bits per heavy atom. The molecule has 12 nitrogen and oxygen atoms in total. The highest BCUT2D eigenvalue weighted by atomic mass is 16.5. The standard InChI is InChI=1S/C29H30N6O6/c1-16-7-4-5-8-17(16)14-35-22-24(31-27(35)34-12-6-9-18(30)15-34)32-28(33(3)25(22)37)40-19-10-11-20-21(13-19)41-29(2,23(20)36)26(38)39/h4-5,7-8,10-11,13,18H,6,9,12,14-15,30H2,1-3H3,(H,38,39). The van der Waals surface area contributed by atoms with Gasteiger partial charge in [0, 0.05) is 32.2 Å². The number of aromatic nitrogens is 4. The van der Waals surface area contributed by atoms with E-state index in [9.17, 15) is 19.5 Å². The second-order valence-corrected chi connectivity index (χ2v) is 10.7. The third-order valence-corrected chi connectivity index (χ3v) is 7.82. The molecule has 2 unspecified atom stereocenters. The normalized spacial score (nSPS) is 20.2. The fourth-order valence-electron chi connectivity index (χ4n) is 5.37. The monoisotopic (exact) mass is 558 g/mol. The largest absolute Gasteiger partial charge is 0.478 e. The minimum atomic E-state index is -2.01. The summed E-state index contributed by atoms with van der Waals surface area (Å²) < 4.78 is 14.6. The van der Waals surface area contributed by atoms with E-state index >= 15 is 0 Å². The van der Waals surface area contributed by atoms with Crippen LogP contribution in [0.1, 0.15) is 41.3 Å². The second-order valence-electron chi connectivity index (χ2n) is 10.7. The minimum Gasteiger partial charge on any atom is -0.478 e. The van der Waals surface area contributed by atoms with Gasteiger partial charge in [-0.05, 0) is 49.9 Å². The van der Waals surface area contributed by atoms with Crippen molar-refractivity contribution < 1.29 is 24.2 Å². The van der Waals surface area contributed by atoms with E-state index in [1.807, 2.05) is 35.8 Å². The van der Waals surface area contributed by atoms with Crippen molar-refractivity contribution in [1.29, 1.82) is 0 Å². The first-order valence-corrected chi connectivity index (χ1v) is 13.4.